The summed E-state index contributed by atoms with van der Waals surface area (Å²) in [5.41, 5.74) is 6.23. The lowest BCUT2D eigenvalue weighted by Crippen LogP contribution is -2.56. The van der Waals surface area contributed by atoms with E-state index in [9.17, 15) is 9.59 Å². The van der Waals surface area contributed by atoms with Gasteiger partial charge in [0, 0.05) is 25.2 Å². The molecular weight excluding hydrogens is 356 g/mol. The van der Waals surface area contributed by atoms with Gasteiger partial charge >= 0.3 is 6.03 Å². The fourth-order valence-corrected chi connectivity index (χ4v) is 3.23. The Hall–Kier alpha value is -1.99. The van der Waals surface area contributed by atoms with Crippen molar-refractivity contribution < 1.29 is 14.3 Å². The SMILES string of the molecule is CCCCC(NC(N)=O)C(=O)N1CCNCC1c1ccccc1OC.Cl. The number of carbonyl (C=O) groups excluding carboxylic acids is 2. The predicted molar refractivity (Wildman–Crippen MR) is 104 cm³/mol. The molecule has 26 heavy (non-hydrogen) atoms. The van der Waals surface area contributed by atoms with E-state index in [-0.39, 0.29) is 24.4 Å². The van der Waals surface area contributed by atoms with E-state index in [2.05, 4.69) is 10.6 Å². The summed E-state index contributed by atoms with van der Waals surface area (Å²) in [7, 11) is 1.62. The molecule has 4 N–H and O–H groups in total. The molecule has 7 nitrogen and oxygen atoms in total. The molecule has 8 heteroatoms. The summed E-state index contributed by atoms with van der Waals surface area (Å²) < 4.78 is 5.46. The van der Waals surface area contributed by atoms with Crippen molar-refractivity contribution in [2.45, 2.75) is 38.3 Å². The van der Waals surface area contributed by atoms with Crippen LogP contribution < -0.4 is 21.1 Å². The smallest absolute Gasteiger partial charge is 0.312 e. The van der Waals surface area contributed by atoms with Crippen molar-refractivity contribution in [2.24, 2.45) is 5.73 Å². The van der Waals surface area contributed by atoms with Crippen LogP contribution in [0.2, 0.25) is 0 Å². The molecule has 0 aromatic heterocycles. The molecule has 2 unspecified atom stereocenters. The van der Waals surface area contributed by atoms with Crippen LogP contribution >= 0.6 is 12.4 Å². The number of halogens is 1. The molecule has 0 saturated carbocycles. The van der Waals surface area contributed by atoms with Gasteiger partial charge in [-0.15, -0.1) is 12.4 Å². The van der Waals surface area contributed by atoms with Gasteiger partial charge in [-0.1, -0.05) is 38.0 Å². The third kappa shape index (κ3) is 5.51. The number of primary amides is 1. The highest BCUT2D eigenvalue weighted by molar-refractivity contribution is 5.87. The van der Waals surface area contributed by atoms with Gasteiger partial charge in [-0.2, -0.15) is 0 Å². The first kappa shape index (κ1) is 22.1. The van der Waals surface area contributed by atoms with Crippen molar-refractivity contribution in [3.63, 3.8) is 0 Å². The lowest BCUT2D eigenvalue weighted by Gasteiger charge is -2.39. The van der Waals surface area contributed by atoms with Gasteiger partial charge in [-0.3, -0.25) is 4.79 Å². The van der Waals surface area contributed by atoms with Crippen molar-refractivity contribution in [3.8, 4) is 5.75 Å². The Bertz CT molecular complexity index is 600. The number of urea groups is 1. The van der Waals surface area contributed by atoms with Crippen molar-refractivity contribution >= 4 is 24.3 Å². The van der Waals surface area contributed by atoms with E-state index in [1.54, 1.807) is 7.11 Å². The van der Waals surface area contributed by atoms with Gasteiger partial charge in [-0.25, -0.2) is 4.79 Å². The minimum Gasteiger partial charge on any atom is -0.496 e. The molecule has 1 aromatic rings. The summed E-state index contributed by atoms with van der Waals surface area (Å²) in [4.78, 5) is 26.3. The number of nitrogens with two attached hydrogens (primary N) is 1. The Labute approximate surface area is 161 Å². The molecule has 146 valence electrons. The fourth-order valence-electron chi connectivity index (χ4n) is 3.23. The number of ether oxygens (including phenoxy) is 1. The van der Waals surface area contributed by atoms with Gasteiger partial charge in [-0.05, 0) is 12.5 Å². The summed E-state index contributed by atoms with van der Waals surface area (Å²) in [6, 6.07) is 6.30. The topological polar surface area (TPSA) is 96.7 Å². The summed E-state index contributed by atoms with van der Waals surface area (Å²) in [6.07, 6.45) is 2.38. The number of piperazine rings is 1. The standard InChI is InChI=1S/C18H28N4O3.ClH/c1-3-4-8-14(21-18(19)24)17(23)22-11-10-20-12-15(22)13-7-5-6-9-16(13)25-2;/h5-7,9,14-15,20H,3-4,8,10-12H2,1-2H3,(H3,19,21,24);1H. The fraction of sp³-hybridized carbons (Fsp3) is 0.556. The van der Waals surface area contributed by atoms with Crippen LogP contribution in [0.5, 0.6) is 5.75 Å². The van der Waals surface area contributed by atoms with Crippen molar-refractivity contribution in [1.29, 1.82) is 0 Å². The zero-order valence-electron chi connectivity index (χ0n) is 15.4. The number of hydrogen-bond donors (Lipinski definition) is 3. The molecule has 1 aliphatic heterocycles. The molecule has 3 amide bonds. The molecule has 1 aliphatic rings. The Morgan fingerprint density at radius 1 is 1.42 bits per heavy atom. The molecule has 1 heterocycles. The number of amides is 3. The van der Waals surface area contributed by atoms with Gasteiger partial charge < -0.3 is 26.0 Å². The van der Waals surface area contributed by atoms with E-state index in [1.807, 2.05) is 36.1 Å². The molecule has 0 spiro atoms. The maximum absolute atomic E-state index is 13.1. The average molecular weight is 385 g/mol. The zero-order chi connectivity index (χ0) is 18.2. The maximum atomic E-state index is 13.1. The van der Waals surface area contributed by atoms with E-state index in [0.29, 0.717) is 26.1 Å². The summed E-state index contributed by atoms with van der Waals surface area (Å²) in [5, 5.41) is 5.94. The highest BCUT2D eigenvalue weighted by Crippen LogP contribution is 2.30. The van der Waals surface area contributed by atoms with Crippen LogP contribution in [-0.2, 0) is 4.79 Å². The number of methoxy groups -OCH3 is 1. The van der Waals surface area contributed by atoms with Gasteiger partial charge in [0.15, 0.2) is 0 Å². The van der Waals surface area contributed by atoms with Crippen LogP contribution in [-0.4, -0.2) is 49.6 Å². The van der Waals surface area contributed by atoms with Crippen LogP contribution in [0, 0.1) is 0 Å². The number of nitrogens with zero attached hydrogens (tertiary/aromatic N) is 1. The zero-order valence-corrected chi connectivity index (χ0v) is 16.2. The van der Waals surface area contributed by atoms with E-state index >= 15 is 0 Å². The number of unbranched alkanes of at least 4 members (excludes halogenated alkanes) is 1. The molecule has 0 aliphatic carbocycles. The Kier molecular flexibility index (Phi) is 9.23. The Morgan fingerprint density at radius 3 is 2.81 bits per heavy atom. The predicted octanol–water partition coefficient (Wildman–Crippen LogP) is 1.82. The van der Waals surface area contributed by atoms with Crippen LogP contribution in [0.4, 0.5) is 4.79 Å². The number of rotatable bonds is 7. The molecular formula is C18H29ClN4O3. The van der Waals surface area contributed by atoms with Crippen molar-refractivity contribution in [3.05, 3.63) is 29.8 Å². The van der Waals surface area contributed by atoms with Crippen LogP contribution in [0.1, 0.15) is 37.8 Å². The third-order valence-corrected chi connectivity index (χ3v) is 4.49. The largest absolute Gasteiger partial charge is 0.496 e. The molecule has 0 radical (unpaired) electrons. The molecule has 2 atom stereocenters. The molecule has 1 aromatic carbocycles. The van der Waals surface area contributed by atoms with Gasteiger partial charge in [0.1, 0.15) is 11.8 Å². The molecule has 1 saturated heterocycles. The number of para-hydroxylation sites is 1. The lowest BCUT2D eigenvalue weighted by molar-refractivity contribution is -0.136. The highest BCUT2D eigenvalue weighted by atomic mass is 35.5. The Morgan fingerprint density at radius 2 is 2.15 bits per heavy atom. The summed E-state index contributed by atoms with van der Waals surface area (Å²) >= 11 is 0. The second kappa shape index (κ2) is 10.9. The van der Waals surface area contributed by atoms with E-state index in [0.717, 1.165) is 24.2 Å². The molecule has 0 bridgehead atoms. The number of hydrogen-bond acceptors (Lipinski definition) is 4. The lowest BCUT2D eigenvalue weighted by atomic mass is 10.00. The number of nitrogens with one attached hydrogen (secondary N) is 2. The van der Waals surface area contributed by atoms with Crippen LogP contribution in [0.15, 0.2) is 24.3 Å². The summed E-state index contributed by atoms with van der Waals surface area (Å²) in [5.74, 6) is 0.659. The normalized spacial score (nSPS) is 17.8. The first-order chi connectivity index (χ1) is 12.1. The second-order valence-electron chi connectivity index (χ2n) is 6.20. The summed E-state index contributed by atoms with van der Waals surface area (Å²) in [6.45, 7) is 3.98. The van der Waals surface area contributed by atoms with Gasteiger partial charge in [0.2, 0.25) is 5.91 Å². The molecule has 2 rings (SSSR count). The Balaban J connectivity index is 0.00000338. The third-order valence-electron chi connectivity index (χ3n) is 4.49. The molecule has 1 fully saturated rings. The van der Waals surface area contributed by atoms with E-state index in [1.165, 1.54) is 0 Å². The monoisotopic (exact) mass is 384 g/mol. The average Bonchev–Trinajstić information content (AvgIpc) is 2.64. The first-order valence-electron chi connectivity index (χ1n) is 8.78. The van der Waals surface area contributed by atoms with E-state index < -0.39 is 12.1 Å². The van der Waals surface area contributed by atoms with Crippen LogP contribution in [0.3, 0.4) is 0 Å². The first-order valence-corrected chi connectivity index (χ1v) is 8.78. The second-order valence-corrected chi connectivity index (χ2v) is 6.20. The van der Waals surface area contributed by atoms with Crippen LogP contribution in [0.25, 0.3) is 0 Å². The number of carbonyl (C=O) groups is 2. The number of benzene rings is 1. The minimum absolute atomic E-state index is 0. The van der Waals surface area contributed by atoms with E-state index in [4.69, 9.17) is 10.5 Å². The van der Waals surface area contributed by atoms with Crippen molar-refractivity contribution in [1.82, 2.24) is 15.5 Å². The van der Waals surface area contributed by atoms with Gasteiger partial charge in [0.05, 0.1) is 13.2 Å². The maximum Gasteiger partial charge on any atom is 0.312 e. The quantitative estimate of drug-likeness (QED) is 0.668. The minimum atomic E-state index is -0.668. The van der Waals surface area contributed by atoms with Crippen molar-refractivity contribution in [2.75, 3.05) is 26.7 Å². The van der Waals surface area contributed by atoms with Gasteiger partial charge in [0.25, 0.3) is 0 Å². The highest BCUT2D eigenvalue weighted by Gasteiger charge is 2.33.